The first kappa shape index (κ1) is 20.1. The van der Waals surface area contributed by atoms with Gasteiger partial charge >= 0.3 is 5.97 Å². The Morgan fingerprint density at radius 2 is 2.16 bits per heavy atom. The number of hydrogen-bond acceptors (Lipinski definition) is 6. The summed E-state index contributed by atoms with van der Waals surface area (Å²) in [6.45, 7) is 4.29. The average Bonchev–Trinajstić information content (AvgIpc) is 2.93. The van der Waals surface area contributed by atoms with Crippen LogP contribution in [0.2, 0.25) is 0 Å². The molecule has 2 rings (SSSR count). The van der Waals surface area contributed by atoms with Crippen LogP contribution >= 0.6 is 0 Å². The second-order valence-corrected chi connectivity index (χ2v) is 8.74. The molecule has 144 valence electrons. The topological polar surface area (TPSA) is 122 Å². The van der Waals surface area contributed by atoms with Crippen LogP contribution in [0, 0.1) is 11.3 Å². The molecule has 1 amide bonds. The van der Waals surface area contributed by atoms with Crippen molar-refractivity contribution in [3.8, 4) is 0 Å². The summed E-state index contributed by atoms with van der Waals surface area (Å²) in [7, 11) is -3.62. The van der Waals surface area contributed by atoms with Gasteiger partial charge in [0, 0.05) is 25.6 Å². The molecule has 0 saturated carbocycles. The van der Waals surface area contributed by atoms with E-state index in [2.05, 4.69) is 4.72 Å². The van der Waals surface area contributed by atoms with Crippen LogP contribution < -0.4 is 4.72 Å². The number of amides is 1. The van der Waals surface area contributed by atoms with Crippen LogP contribution in [0.5, 0.6) is 0 Å². The first-order valence-electron chi connectivity index (χ1n) is 8.34. The first-order chi connectivity index (χ1) is 11.7. The van der Waals surface area contributed by atoms with Gasteiger partial charge in [0.25, 0.3) is 0 Å². The minimum absolute atomic E-state index is 0.0481. The number of carbonyl (C=O) groups excluding carboxylic acids is 1. The van der Waals surface area contributed by atoms with Gasteiger partial charge in [0.15, 0.2) is 0 Å². The van der Waals surface area contributed by atoms with Crippen LogP contribution in [0.15, 0.2) is 0 Å². The summed E-state index contributed by atoms with van der Waals surface area (Å²) in [6.07, 6.45) is 0.286. The quantitative estimate of drug-likeness (QED) is 0.571. The van der Waals surface area contributed by atoms with E-state index < -0.39 is 27.3 Å². The Bertz CT molecular complexity index is 607. The van der Waals surface area contributed by atoms with Gasteiger partial charge in [-0.2, -0.15) is 0 Å². The lowest BCUT2D eigenvalue weighted by molar-refractivity contribution is -0.157. The largest absolute Gasteiger partial charge is 0.481 e. The molecule has 0 aliphatic carbocycles. The molecule has 0 radical (unpaired) electrons. The maximum absolute atomic E-state index is 12.3. The van der Waals surface area contributed by atoms with Gasteiger partial charge in [0.2, 0.25) is 15.9 Å². The standard InChI is InChI=1S/C15H26N2O7S/c1-11(2)24-5-6-25(21,22)16-7-13(18)17-8-12-9-23-4-3-15(12,10-17)14(19)20/h11-12,16H,3-10H2,1-2H3,(H,19,20)/t12-,15+/m0/s1. The molecule has 2 fully saturated rings. The van der Waals surface area contributed by atoms with Crippen LogP contribution in [0.3, 0.4) is 0 Å². The number of aliphatic carboxylic acids is 1. The molecule has 0 aromatic rings. The second-order valence-electron chi connectivity index (χ2n) is 6.82. The summed E-state index contributed by atoms with van der Waals surface area (Å²) in [6, 6.07) is 0. The average molecular weight is 378 g/mol. The first-order valence-corrected chi connectivity index (χ1v) is 9.99. The van der Waals surface area contributed by atoms with Gasteiger partial charge in [0.1, 0.15) is 0 Å². The van der Waals surface area contributed by atoms with E-state index in [9.17, 15) is 23.1 Å². The number of hydrogen-bond donors (Lipinski definition) is 2. The molecule has 0 bridgehead atoms. The fraction of sp³-hybridized carbons (Fsp3) is 0.867. The van der Waals surface area contributed by atoms with E-state index in [4.69, 9.17) is 9.47 Å². The van der Waals surface area contributed by atoms with Gasteiger partial charge in [-0.05, 0) is 20.3 Å². The molecular formula is C15H26N2O7S. The molecule has 0 aromatic carbocycles. The van der Waals surface area contributed by atoms with Crippen molar-refractivity contribution in [2.45, 2.75) is 26.4 Å². The third-order valence-electron chi connectivity index (χ3n) is 4.73. The van der Waals surface area contributed by atoms with Gasteiger partial charge in [-0.1, -0.05) is 0 Å². The Hall–Kier alpha value is -1.23. The monoisotopic (exact) mass is 378 g/mol. The van der Waals surface area contributed by atoms with Crippen molar-refractivity contribution in [3.63, 3.8) is 0 Å². The molecule has 0 aromatic heterocycles. The van der Waals surface area contributed by atoms with Crippen LogP contribution in [0.25, 0.3) is 0 Å². The van der Waals surface area contributed by atoms with Gasteiger partial charge in [-0.3, -0.25) is 9.59 Å². The van der Waals surface area contributed by atoms with Gasteiger partial charge in [-0.15, -0.1) is 0 Å². The van der Waals surface area contributed by atoms with E-state index in [0.29, 0.717) is 19.6 Å². The summed E-state index contributed by atoms with van der Waals surface area (Å²) in [4.78, 5) is 25.4. The second kappa shape index (κ2) is 7.98. The molecule has 9 nitrogen and oxygen atoms in total. The Morgan fingerprint density at radius 1 is 1.44 bits per heavy atom. The highest BCUT2D eigenvalue weighted by molar-refractivity contribution is 7.89. The lowest BCUT2D eigenvalue weighted by atomic mass is 9.74. The highest BCUT2D eigenvalue weighted by Crippen LogP contribution is 2.42. The fourth-order valence-electron chi connectivity index (χ4n) is 3.24. The Morgan fingerprint density at radius 3 is 2.76 bits per heavy atom. The van der Waals surface area contributed by atoms with Crippen molar-refractivity contribution < 1.29 is 32.6 Å². The number of ether oxygens (including phenoxy) is 2. The van der Waals surface area contributed by atoms with Crippen LogP contribution in [0.1, 0.15) is 20.3 Å². The Labute approximate surface area is 147 Å². The molecule has 2 heterocycles. The van der Waals surface area contributed by atoms with Crippen molar-refractivity contribution in [1.29, 1.82) is 0 Å². The molecule has 2 aliphatic heterocycles. The third kappa shape index (κ3) is 4.90. The highest BCUT2D eigenvalue weighted by Gasteiger charge is 2.54. The highest BCUT2D eigenvalue weighted by atomic mass is 32.2. The van der Waals surface area contributed by atoms with E-state index in [1.165, 1.54) is 4.90 Å². The van der Waals surface area contributed by atoms with E-state index in [1.807, 2.05) is 0 Å². The summed E-state index contributed by atoms with van der Waals surface area (Å²) in [5.41, 5.74) is -0.988. The maximum Gasteiger partial charge on any atom is 0.311 e. The number of carbonyl (C=O) groups is 2. The summed E-state index contributed by atoms with van der Waals surface area (Å²) < 4.78 is 36.5. The SMILES string of the molecule is CC(C)OCCS(=O)(=O)NCC(=O)N1C[C@H]2COCC[C@@]2(C(=O)O)C1. The zero-order valence-corrected chi connectivity index (χ0v) is 15.4. The lowest BCUT2D eigenvalue weighted by Gasteiger charge is -2.33. The van der Waals surface area contributed by atoms with Gasteiger partial charge in [0.05, 0.1) is 37.0 Å². The molecule has 10 heteroatoms. The number of nitrogens with one attached hydrogen (secondary N) is 1. The molecule has 2 aliphatic rings. The van der Waals surface area contributed by atoms with Crippen LogP contribution in [-0.4, -0.2) is 81.6 Å². The fourth-order valence-corrected chi connectivity index (χ4v) is 4.04. The van der Waals surface area contributed by atoms with Crippen LogP contribution in [0.4, 0.5) is 0 Å². The predicted octanol–water partition coefficient (Wildman–Crippen LogP) is -0.719. The van der Waals surface area contributed by atoms with Crippen molar-refractivity contribution in [2.24, 2.45) is 11.3 Å². The normalized spacial score (nSPS) is 26.7. The third-order valence-corrected chi connectivity index (χ3v) is 6.02. The van der Waals surface area contributed by atoms with Gasteiger partial charge < -0.3 is 19.5 Å². The molecule has 25 heavy (non-hydrogen) atoms. The summed E-state index contributed by atoms with van der Waals surface area (Å²) in [5.74, 6) is -1.85. The summed E-state index contributed by atoms with van der Waals surface area (Å²) in [5, 5.41) is 9.58. The zero-order valence-electron chi connectivity index (χ0n) is 14.6. The molecular weight excluding hydrogens is 352 g/mol. The summed E-state index contributed by atoms with van der Waals surface area (Å²) >= 11 is 0. The number of fused-ring (bicyclic) bond motifs is 1. The smallest absolute Gasteiger partial charge is 0.311 e. The van der Waals surface area contributed by atoms with Gasteiger partial charge in [-0.25, -0.2) is 13.1 Å². The number of nitrogens with zero attached hydrogens (tertiary/aromatic N) is 1. The molecule has 0 unspecified atom stereocenters. The minimum Gasteiger partial charge on any atom is -0.481 e. The van der Waals surface area contributed by atoms with E-state index in [-0.39, 0.29) is 44.0 Å². The maximum atomic E-state index is 12.3. The molecule has 0 spiro atoms. The molecule has 2 saturated heterocycles. The number of carboxylic acids is 1. The van der Waals surface area contributed by atoms with E-state index >= 15 is 0 Å². The number of rotatable bonds is 8. The zero-order chi connectivity index (χ0) is 18.7. The van der Waals surface area contributed by atoms with E-state index in [0.717, 1.165) is 0 Å². The van der Waals surface area contributed by atoms with Crippen molar-refractivity contribution in [1.82, 2.24) is 9.62 Å². The number of sulfonamides is 1. The Kier molecular flexibility index (Phi) is 6.41. The van der Waals surface area contributed by atoms with Crippen molar-refractivity contribution in [3.05, 3.63) is 0 Å². The lowest BCUT2D eigenvalue weighted by Crippen LogP contribution is -2.45. The van der Waals surface area contributed by atoms with Crippen molar-refractivity contribution in [2.75, 3.05) is 45.2 Å². The Balaban J connectivity index is 1.88. The number of likely N-dealkylation sites (tertiary alicyclic amines) is 1. The predicted molar refractivity (Wildman–Crippen MR) is 88.5 cm³/mol. The minimum atomic E-state index is -3.62. The van der Waals surface area contributed by atoms with Crippen molar-refractivity contribution >= 4 is 21.9 Å². The van der Waals surface area contributed by atoms with Crippen LogP contribution in [-0.2, 0) is 29.1 Å². The van der Waals surface area contributed by atoms with E-state index in [1.54, 1.807) is 13.8 Å². The molecule has 2 N–H and O–H groups in total. The molecule has 2 atom stereocenters. The number of carboxylic acid groups (broad SMARTS) is 1.